The minimum Gasteiger partial charge on any atom is -0.507 e. The summed E-state index contributed by atoms with van der Waals surface area (Å²) in [4.78, 5) is 12.3. The van der Waals surface area contributed by atoms with Crippen LogP contribution < -0.4 is 14.2 Å². The lowest BCUT2D eigenvalue weighted by atomic mass is 9.92. The molecular weight excluding hydrogens is 320 g/mol. The van der Waals surface area contributed by atoms with Gasteiger partial charge in [0.05, 0.1) is 19.3 Å². The summed E-state index contributed by atoms with van der Waals surface area (Å²) in [6.45, 7) is 3.92. The lowest BCUT2D eigenvalue weighted by Gasteiger charge is -2.25. The van der Waals surface area contributed by atoms with Crippen molar-refractivity contribution < 1.29 is 24.1 Å². The zero-order chi connectivity index (χ0) is 18.0. The molecule has 0 amide bonds. The average Bonchev–Trinajstić information content (AvgIpc) is 2.64. The fraction of sp³-hybridized carbons (Fsp3) is 0.350. The number of aromatic hydroxyl groups is 1. The molecule has 0 fully saturated rings. The molecule has 0 atom stereocenters. The molecule has 0 bridgehead atoms. The summed E-state index contributed by atoms with van der Waals surface area (Å²) in [5.74, 6) is 2.16. The number of methoxy groups -OCH3 is 1. The molecule has 1 N–H and O–H groups in total. The number of phenolic OH excluding ortho intramolecular Hbond substituents is 1. The third-order valence-electron chi connectivity index (χ3n) is 4.38. The minimum atomic E-state index is -0.160. The summed E-state index contributed by atoms with van der Waals surface area (Å²) >= 11 is 0. The van der Waals surface area contributed by atoms with Gasteiger partial charge in [-0.05, 0) is 50.5 Å². The molecule has 2 aromatic carbocycles. The first kappa shape index (κ1) is 17.1. The molecule has 0 saturated heterocycles. The van der Waals surface area contributed by atoms with Gasteiger partial charge in [0.15, 0.2) is 17.3 Å². The van der Waals surface area contributed by atoms with E-state index in [4.69, 9.17) is 14.2 Å². The van der Waals surface area contributed by atoms with Crippen LogP contribution in [-0.2, 0) is 12.8 Å². The zero-order valence-electron chi connectivity index (χ0n) is 14.7. The number of hydrogen-bond acceptors (Lipinski definition) is 5. The van der Waals surface area contributed by atoms with E-state index in [-0.39, 0.29) is 11.5 Å². The summed E-state index contributed by atoms with van der Waals surface area (Å²) in [5.41, 5.74) is 1.72. The molecule has 0 aromatic heterocycles. The lowest BCUT2D eigenvalue weighted by Crippen LogP contribution is -2.14. The SMILES string of the molecule is CCc1c(O)c2c(c(Oc3ccc(OC)cc3)c1C(C)=O)OCCC2. The van der Waals surface area contributed by atoms with E-state index in [1.165, 1.54) is 6.92 Å². The summed E-state index contributed by atoms with van der Waals surface area (Å²) in [7, 11) is 1.60. The van der Waals surface area contributed by atoms with E-state index in [1.807, 2.05) is 6.92 Å². The average molecular weight is 342 g/mol. The smallest absolute Gasteiger partial charge is 0.180 e. The van der Waals surface area contributed by atoms with E-state index in [2.05, 4.69) is 0 Å². The van der Waals surface area contributed by atoms with Gasteiger partial charge in [0.25, 0.3) is 0 Å². The number of ketones is 1. The summed E-state index contributed by atoms with van der Waals surface area (Å²) in [6, 6.07) is 7.13. The maximum atomic E-state index is 12.3. The Morgan fingerprint density at radius 1 is 1.24 bits per heavy atom. The third kappa shape index (κ3) is 3.14. The van der Waals surface area contributed by atoms with Gasteiger partial charge in [-0.25, -0.2) is 0 Å². The molecule has 0 saturated carbocycles. The van der Waals surface area contributed by atoms with Crippen LogP contribution in [0.25, 0.3) is 0 Å². The number of ether oxygens (including phenoxy) is 3. The van der Waals surface area contributed by atoms with E-state index in [1.54, 1.807) is 31.4 Å². The van der Waals surface area contributed by atoms with Gasteiger partial charge >= 0.3 is 0 Å². The van der Waals surface area contributed by atoms with E-state index in [0.717, 1.165) is 17.7 Å². The van der Waals surface area contributed by atoms with Gasteiger partial charge in [-0.1, -0.05) is 6.92 Å². The summed E-state index contributed by atoms with van der Waals surface area (Å²) in [6.07, 6.45) is 2.06. The first-order valence-electron chi connectivity index (χ1n) is 8.43. The maximum Gasteiger partial charge on any atom is 0.180 e. The molecule has 0 aliphatic carbocycles. The third-order valence-corrected chi connectivity index (χ3v) is 4.38. The van der Waals surface area contributed by atoms with Crippen LogP contribution in [0.4, 0.5) is 0 Å². The Hall–Kier alpha value is -2.69. The first-order chi connectivity index (χ1) is 12.1. The van der Waals surface area contributed by atoms with Crippen LogP contribution in [-0.4, -0.2) is 24.6 Å². The van der Waals surface area contributed by atoms with Crippen molar-refractivity contribution in [1.29, 1.82) is 0 Å². The highest BCUT2D eigenvalue weighted by Crippen LogP contribution is 2.48. The predicted molar refractivity (Wildman–Crippen MR) is 94.4 cm³/mol. The van der Waals surface area contributed by atoms with Crippen LogP contribution in [0.5, 0.6) is 28.7 Å². The largest absolute Gasteiger partial charge is 0.507 e. The van der Waals surface area contributed by atoms with Gasteiger partial charge in [-0.15, -0.1) is 0 Å². The van der Waals surface area contributed by atoms with Crippen LogP contribution >= 0.6 is 0 Å². The standard InChI is InChI=1S/C20H22O5/c1-4-15-17(12(2)21)20(19-16(18(15)22)6-5-11-24-19)25-14-9-7-13(23-3)8-10-14/h7-10,22H,4-6,11H2,1-3H3. The number of phenols is 1. The molecule has 0 spiro atoms. The number of rotatable bonds is 5. The molecule has 1 aliphatic rings. The molecule has 5 heteroatoms. The minimum absolute atomic E-state index is 0.157. The first-order valence-corrected chi connectivity index (χ1v) is 8.43. The Kier molecular flexibility index (Phi) is 4.83. The Morgan fingerprint density at radius 2 is 1.92 bits per heavy atom. The van der Waals surface area contributed by atoms with Gasteiger partial charge < -0.3 is 19.3 Å². The van der Waals surface area contributed by atoms with Gasteiger partial charge in [-0.3, -0.25) is 4.79 Å². The second kappa shape index (κ2) is 7.05. The van der Waals surface area contributed by atoms with E-state index < -0.39 is 0 Å². The highest BCUT2D eigenvalue weighted by molar-refractivity contribution is 6.00. The second-order valence-corrected chi connectivity index (χ2v) is 5.98. The van der Waals surface area contributed by atoms with Gasteiger partial charge in [0.1, 0.15) is 17.2 Å². The number of benzene rings is 2. The van der Waals surface area contributed by atoms with Crippen molar-refractivity contribution in [3.63, 3.8) is 0 Å². The summed E-state index contributed by atoms with van der Waals surface area (Å²) < 4.78 is 17.0. The summed E-state index contributed by atoms with van der Waals surface area (Å²) in [5, 5.41) is 10.6. The molecule has 132 valence electrons. The van der Waals surface area contributed by atoms with Crippen LogP contribution in [0.15, 0.2) is 24.3 Å². The van der Waals surface area contributed by atoms with Crippen LogP contribution in [0.1, 0.15) is 41.8 Å². The molecule has 1 heterocycles. The van der Waals surface area contributed by atoms with Crippen molar-refractivity contribution in [2.45, 2.75) is 33.1 Å². The fourth-order valence-electron chi connectivity index (χ4n) is 3.18. The van der Waals surface area contributed by atoms with Crippen molar-refractivity contribution in [2.24, 2.45) is 0 Å². The molecule has 0 unspecified atom stereocenters. The van der Waals surface area contributed by atoms with Gasteiger partial charge in [0, 0.05) is 11.1 Å². The molecule has 0 radical (unpaired) electrons. The van der Waals surface area contributed by atoms with Crippen molar-refractivity contribution in [3.05, 3.63) is 41.0 Å². The molecule has 2 aromatic rings. The van der Waals surface area contributed by atoms with Crippen molar-refractivity contribution in [2.75, 3.05) is 13.7 Å². The van der Waals surface area contributed by atoms with Gasteiger partial charge in [0.2, 0.25) is 0 Å². The Bertz CT molecular complexity index is 793. The highest BCUT2D eigenvalue weighted by atomic mass is 16.5. The number of fused-ring (bicyclic) bond motifs is 1. The number of carbonyl (C=O) groups is 1. The maximum absolute atomic E-state index is 12.3. The normalized spacial score (nSPS) is 12.9. The Balaban J connectivity index is 2.16. The Labute approximate surface area is 147 Å². The lowest BCUT2D eigenvalue weighted by molar-refractivity contribution is 0.101. The number of Topliss-reactive ketones (excluding diaryl/α,β-unsaturated/α-hetero) is 1. The van der Waals surface area contributed by atoms with E-state index >= 15 is 0 Å². The monoisotopic (exact) mass is 342 g/mol. The zero-order valence-corrected chi connectivity index (χ0v) is 14.7. The van der Waals surface area contributed by atoms with Crippen LogP contribution in [0.3, 0.4) is 0 Å². The van der Waals surface area contributed by atoms with Crippen molar-refractivity contribution in [3.8, 4) is 28.7 Å². The Morgan fingerprint density at radius 3 is 2.52 bits per heavy atom. The predicted octanol–water partition coefficient (Wildman–Crippen LogP) is 4.28. The van der Waals surface area contributed by atoms with Crippen LogP contribution in [0.2, 0.25) is 0 Å². The second-order valence-electron chi connectivity index (χ2n) is 5.98. The molecule has 1 aliphatic heterocycles. The molecule has 25 heavy (non-hydrogen) atoms. The molecule has 3 rings (SSSR count). The number of hydrogen-bond donors (Lipinski definition) is 1. The molecular formula is C20H22O5. The fourth-order valence-corrected chi connectivity index (χ4v) is 3.18. The van der Waals surface area contributed by atoms with Gasteiger partial charge in [-0.2, -0.15) is 0 Å². The van der Waals surface area contributed by atoms with E-state index in [0.29, 0.717) is 47.8 Å². The number of carbonyl (C=O) groups excluding carboxylic acids is 1. The van der Waals surface area contributed by atoms with E-state index in [9.17, 15) is 9.90 Å². The highest BCUT2D eigenvalue weighted by Gasteiger charge is 2.29. The quantitative estimate of drug-likeness (QED) is 0.822. The van der Waals surface area contributed by atoms with Crippen LogP contribution in [0, 0.1) is 0 Å². The molecule has 5 nitrogen and oxygen atoms in total. The topological polar surface area (TPSA) is 65.0 Å². The van der Waals surface area contributed by atoms with Crippen molar-refractivity contribution in [1.82, 2.24) is 0 Å². The van der Waals surface area contributed by atoms with Crippen molar-refractivity contribution >= 4 is 5.78 Å².